The van der Waals surface area contributed by atoms with Gasteiger partial charge in [0.2, 0.25) is 17.7 Å². The molecule has 2 bridgehead atoms. The van der Waals surface area contributed by atoms with Gasteiger partial charge in [-0.15, -0.1) is 13.2 Å². The number of halogens is 1. The summed E-state index contributed by atoms with van der Waals surface area (Å²) in [7, 11) is 0. The normalized spacial score (nSPS) is 27.2. The first-order valence-corrected chi connectivity index (χ1v) is 19.6. The van der Waals surface area contributed by atoms with Crippen LogP contribution in [0.4, 0.5) is 0 Å². The molecule has 0 saturated carbocycles. The van der Waals surface area contributed by atoms with E-state index in [2.05, 4.69) is 55.2 Å². The lowest BCUT2D eigenvalue weighted by molar-refractivity contribution is -0.163. The fraction of sp³-hybridized carbons (Fsp3) is 0.659. The summed E-state index contributed by atoms with van der Waals surface area (Å²) in [5.74, 6) is -3.46. The molecule has 1 spiro atoms. The Labute approximate surface area is 318 Å². The Kier molecular flexibility index (Phi) is 13.3. The van der Waals surface area contributed by atoms with Gasteiger partial charge in [-0.25, -0.2) is 0 Å². The van der Waals surface area contributed by atoms with Crippen LogP contribution in [0.25, 0.3) is 0 Å². The third-order valence-electron chi connectivity index (χ3n) is 10.6. The van der Waals surface area contributed by atoms with Gasteiger partial charge in [-0.1, -0.05) is 93.0 Å². The molecule has 1 aromatic carbocycles. The largest absolute Gasteiger partial charge is 0.455 e. The number of carbonyl (C=O) groups is 4. The second kappa shape index (κ2) is 16.6. The molecule has 3 fully saturated rings. The van der Waals surface area contributed by atoms with Crippen LogP contribution in [0.2, 0.25) is 0 Å². The highest BCUT2D eigenvalue weighted by molar-refractivity contribution is 9.09. The molecule has 10 nitrogen and oxygen atoms in total. The predicted octanol–water partition coefficient (Wildman–Crippen LogP) is 6.13. The molecule has 288 valence electrons. The number of rotatable bonds is 17. The molecule has 3 heterocycles. The summed E-state index contributed by atoms with van der Waals surface area (Å²) in [6.45, 7) is 23.8. The standard InChI is InChI=1S/C41H60BrN3O7/c1-11-13-19-30(47)43-26(5)33(27-17-15-14-16-18-27)51-38(50)31-32-36(48)45(28(23-46)21-25(3)4)35(41(32)22-29(42)34(31)52-41)37(49)44(20-12-2)40(9,10)24-39(6,7)8/h11-12,14-18,25-26,28-29,31-35,46H,1-2,13,19-24H2,3-10H3,(H,43,47)/t26-,28+,29?,31+,32-,33-,34+,35+,41-/m0/s1. The van der Waals surface area contributed by atoms with Gasteiger partial charge in [0.05, 0.1) is 36.6 Å². The van der Waals surface area contributed by atoms with Gasteiger partial charge in [0.15, 0.2) is 0 Å². The van der Waals surface area contributed by atoms with Crippen LogP contribution in [-0.2, 0) is 28.7 Å². The molecule has 1 unspecified atom stereocenters. The third kappa shape index (κ3) is 8.52. The van der Waals surface area contributed by atoms with Crippen LogP contribution < -0.4 is 5.32 Å². The average Bonchev–Trinajstić information content (AvgIpc) is 3.65. The smallest absolute Gasteiger partial charge is 0.313 e. The van der Waals surface area contributed by atoms with E-state index in [1.54, 1.807) is 24.0 Å². The highest BCUT2D eigenvalue weighted by atomic mass is 79.9. The molecular weight excluding hydrogens is 726 g/mol. The Morgan fingerprint density at radius 2 is 1.79 bits per heavy atom. The van der Waals surface area contributed by atoms with E-state index >= 15 is 4.79 Å². The van der Waals surface area contributed by atoms with Crippen molar-refractivity contribution in [3.8, 4) is 0 Å². The van der Waals surface area contributed by atoms with Crippen molar-refractivity contribution < 1.29 is 33.8 Å². The Balaban J connectivity index is 1.79. The van der Waals surface area contributed by atoms with Crippen molar-refractivity contribution in [2.24, 2.45) is 23.2 Å². The molecule has 4 rings (SSSR count). The lowest BCUT2D eigenvalue weighted by Gasteiger charge is -2.46. The Morgan fingerprint density at radius 1 is 1.13 bits per heavy atom. The van der Waals surface area contributed by atoms with E-state index in [0.29, 0.717) is 31.2 Å². The van der Waals surface area contributed by atoms with E-state index in [1.807, 2.05) is 58.0 Å². The maximum atomic E-state index is 15.2. The molecular formula is C41H60BrN3O7. The van der Waals surface area contributed by atoms with Crippen molar-refractivity contribution in [3.05, 3.63) is 61.2 Å². The lowest BCUT2D eigenvalue weighted by Crippen LogP contribution is -2.62. The minimum Gasteiger partial charge on any atom is -0.455 e. The van der Waals surface area contributed by atoms with Gasteiger partial charge in [0.1, 0.15) is 17.7 Å². The number of amides is 3. The summed E-state index contributed by atoms with van der Waals surface area (Å²) < 4.78 is 13.1. The monoisotopic (exact) mass is 785 g/mol. The number of ether oxygens (including phenoxy) is 2. The van der Waals surface area contributed by atoms with E-state index in [-0.39, 0.29) is 47.5 Å². The van der Waals surface area contributed by atoms with E-state index in [0.717, 1.165) is 0 Å². The molecule has 2 N–H and O–H groups in total. The number of carbonyl (C=O) groups excluding carboxylic acids is 4. The van der Waals surface area contributed by atoms with Crippen LogP contribution in [0.5, 0.6) is 0 Å². The molecule has 0 aromatic heterocycles. The number of allylic oxidation sites excluding steroid dienone is 1. The van der Waals surface area contributed by atoms with Gasteiger partial charge < -0.3 is 29.7 Å². The van der Waals surface area contributed by atoms with Gasteiger partial charge in [-0.3, -0.25) is 19.2 Å². The molecule has 52 heavy (non-hydrogen) atoms. The fourth-order valence-corrected chi connectivity index (χ4v) is 10.0. The van der Waals surface area contributed by atoms with Crippen molar-refractivity contribution in [2.75, 3.05) is 13.2 Å². The van der Waals surface area contributed by atoms with Crippen molar-refractivity contribution in [2.45, 2.75) is 134 Å². The molecule has 11 heteroatoms. The minimum atomic E-state index is -1.34. The summed E-state index contributed by atoms with van der Waals surface area (Å²) >= 11 is 3.77. The molecule has 3 aliphatic heterocycles. The number of fused-ring (bicyclic) bond motifs is 1. The van der Waals surface area contributed by atoms with Crippen LogP contribution in [0, 0.1) is 23.2 Å². The number of esters is 1. The number of likely N-dealkylation sites (tertiary alicyclic amines) is 1. The zero-order chi connectivity index (χ0) is 38.8. The van der Waals surface area contributed by atoms with Crippen molar-refractivity contribution in [1.29, 1.82) is 0 Å². The summed E-state index contributed by atoms with van der Waals surface area (Å²) in [4.78, 5) is 60.5. The van der Waals surface area contributed by atoms with Crippen molar-refractivity contribution in [3.63, 3.8) is 0 Å². The van der Waals surface area contributed by atoms with Gasteiger partial charge in [0.25, 0.3) is 0 Å². The summed E-state index contributed by atoms with van der Waals surface area (Å²) in [6, 6.07) is 6.84. The summed E-state index contributed by atoms with van der Waals surface area (Å²) in [6.07, 6.45) is 3.98. The first-order chi connectivity index (χ1) is 24.3. The lowest BCUT2D eigenvalue weighted by atomic mass is 9.70. The van der Waals surface area contributed by atoms with E-state index < -0.39 is 65.2 Å². The molecule has 3 aliphatic rings. The molecule has 3 saturated heterocycles. The first kappa shape index (κ1) is 41.7. The van der Waals surface area contributed by atoms with Crippen molar-refractivity contribution >= 4 is 39.6 Å². The maximum Gasteiger partial charge on any atom is 0.313 e. The Hall–Kier alpha value is -3.02. The number of aliphatic hydroxyl groups excluding tert-OH is 1. The quantitative estimate of drug-likeness (QED) is 0.111. The summed E-state index contributed by atoms with van der Waals surface area (Å²) in [5, 5.41) is 13.7. The van der Waals surface area contributed by atoms with Crippen LogP contribution in [0.3, 0.4) is 0 Å². The topological polar surface area (TPSA) is 125 Å². The number of nitrogens with zero attached hydrogens (tertiary/aromatic N) is 2. The number of hydrogen-bond acceptors (Lipinski definition) is 7. The van der Waals surface area contributed by atoms with Crippen LogP contribution >= 0.6 is 15.9 Å². The van der Waals surface area contributed by atoms with Crippen LogP contribution in [0.1, 0.15) is 99.2 Å². The van der Waals surface area contributed by atoms with Gasteiger partial charge in [0, 0.05) is 23.3 Å². The zero-order valence-corrected chi connectivity index (χ0v) is 33.9. The molecule has 1 aromatic rings. The summed E-state index contributed by atoms with van der Waals surface area (Å²) in [5.41, 5.74) is -1.40. The number of alkyl halides is 1. The number of benzene rings is 1. The second-order valence-electron chi connectivity index (χ2n) is 17.1. The average molecular weight is 787 g/mol. The van der Waals surface area contributed by atoms with Crippen LogP contribution in [0.15, 0.2) is 55.6 Å². The third-order valence-corrected chi connectivity index (χ3v) is 11.5. The predicted molar refractivity (Wildman–Crippen MR) is 205 cm³/mol. The highest BCUT2D eigenvalue weighted by Gasteiger charge is 2.78. The van der Waals surface area contributed by atoms with Crippen LogP contribution in [-0.4, -0.2) is 91.9 Å². The number of hydrogen-bond donors (Lipinski definition) is 2. The number of nitrogens with one attached hydrogen (secondary N) is 1. The van der Waals surface area contributed by atoms with Gasteiger partial charge >= 0.3 is 5.97 Å². The maximum absolute atomic E-state index is 15.2. The highest BCUT2D eigenvalue weighted by Crippen LogP contribution is 2.61. The van der Waals surface area contributed by atoms with E-state index in [1.165, 1.54) is 4.90 Å². The Morgan fingerprint density at radius 3 is 2.35 bits per heavy atom. The second-order valence-corrected chi connectivity index (χ2v) is 18.3. The van der Waals surface area contributed by atoms with Gasteiger partial charge in [-0.2, -0.15) is 0 Å². The fourth-order valence-electron chi connectivity index (χ4n) is 9.08. The van der Waals surface area contributed by atoms with Crippen molar-refractivity contribution in [1.82, 2.24) is 15.1 Å². The minimum absolute atomic E-state index is 0.108. The van der Waals surface area contributed by atoms with E-state index in [4.69, 9.17) is 9.47 Å². The van der Waals surface area contributed by atoms with E-state index in [9.17, 15) is 19.5 Å². The molecule has 0 aliphatic carbocycles. The molecule has 3 amide bonds. The van der Waals surface area contributed by atoms with Gasteiger partial charge in [-0.05, 0) is 63.4 Å². The molecule has 9 atom stereocenters. The SMILES string of the molecule is C=CCCC(=O)N[C@@H](C)[C@H](OC(=O)[C@H]1[C@@H]2O[C@@]3(CC2Br)[C@@H]1C(=O)N([C@@H](CO)CC(C)C)[C@@H]3C(=O)N(CC=C)C(C)(C)CC(C)(C)C)c1ccccc1. The zero-order valence-electron chi connectivity index (χ0n) is 32.3. The number of aliphatic hydroxyl groups is 1. The Bertz CT molecular complexity index is 1480. The molecule has 0 radical (unpaired) electrons. The first-order valence-electron chi connectivity index (χ1n) is 18.7.